The predicted molar refractivity (Wildman–Crippen MR) is 140 cm³/mol. The summed E-state index contributed by atoms with van der Waals surface area (Å²) < 4.78 is 41.8. The molecular formula is C24H24F3N5OS3. The standard InChI is InChI=1S/C24H24F3N5OS3/c1-31-5-4-13-8-16(17(34-3)9-14(13)12-31)29-23-28-11-15(24(25,26)27)20(30-23)18-10-19-21(36-18)22(33)32(2)6-7-35-19/h8-11H,4-7,12H2,1-3H3,(H,28,29,30). The van der Waals surface area contributed by atoms with Gasteiger partial charge in [0.05, 0.1) is 16.3 Å². The number of thioether (sulfide) groups is 2. The SMILES string of the molecule is CSc1cc2c(cc1Nc1ncc(C(F)(F)F)c(-c3cc4c(s3)C(=O)N(C)CCS4)n1)CCN(C)C2. The first kappa shape index (κ1) is 25.4. The summed E-state index contributed by atoms with van der Waals surface area (Å²) in [5.41, 5.74) is 2.08. The van der Waals surface area contributed by atoms with Crippen LogP contribution in [0.3, 0.4) is 0 Å². The predicted octanol–water partition coefficient (Wildman–Crippen LogP) is 5.86. The quantitative estimate of drug-likeness (QED) is 0.408. The molecule has 190 valence electrons. The number of anilines is 2. The van der Waals surface area contributed by atoms with Crippen molar-refractivity contribution >= 4 is 52.4 Å². The summed E-state index contributed by atoms with van der Waals surface area (Å²) >= 11 is 4.08. The Labute approximate surface area is 219 Å². The Morgan fingerprint density at radius 1 is 1.14 bits per heavy atom. The molecule has 2 aromatic heterocycles. The van der Waals surface area contributed by atoms with Crippen LogP contribution in [0.4, 0.5) is 24.8 Å². The van der Waals surface area contributed by atoms with Crippen LogP contribution < -0.4 is 5.32 Å². The maximum absolute atomic E-state index is 13.9. The van der Waals surface area contributed by atoms with E-state index in [1.54, 1.807) is 29.8 Å². The molecule has 12 heteroatoms. The van der Waals surface area contributed by atoms with Crippen molar-refractivity contribution in [2.45, 2.75) is 28.9 Å². The van der Waals surface area contributed by atoms with Gasteiger partial charge in [0.2, 0.25) is 5.95 Å². The van der Waals surface area contributed by atoms with Crippen molar-refractivity contribution in [3.63, 3.8) is 0 Å². The molecule has 3 aromatic rings. The maximum Gasteiger partial charge on any atom is 0.420 e. The maximum atomic E-state index is 13.9. The lowest BCUT2D eigenvalue weighted by molar-refractivity contribution is -0.137. The minimum Gasteiger partial charge on any atom is -0.340 e. The number of alkyl halides is 3. The van der Waals surface area contributed by atoms with Gasteiger partial charge in [-0.15, -0.1) is 34.9 Å². The number of amides is 1. The van der Waals surface area contributed by atoms with Crippen LogP contribution in [0.2, 0.25) is 0 Å². The molecule has 0 fully saturated rings. The highest BCUT2D eigenvalue weighted by Gasteiger charge is 2.37. The summed E-state index contributed by atoms with van der Waals surface area (Å²) in [5, 5.41) is 3.16. The van der Waals surface area contributed by atoms with E-state index in [4.69, 9.17) is 0 Å². The van der Waals surface area contributed by atoms with Crippen LogP contribution >= 0.6 is 34.9 Å². The summed E-state index contributed by atoms with van der Waals surface area (Å²) in [7, 11) is 3.78. The molecule has 2 aliphatic rings. The molecule has 6 nitrogen and oxygen atoms in total. The van der Waals surface area contributed by atoms with Gasteiger partial charge in [0.15, 0.2) is 0 Å². The number of benzene rings is 1. The highest BCUT2D eigenvalue weighted by molar-refractivity contribution is 7.99. The number of fused-ring (bicyclic) bond motifs is 2. The van der Waals surface area contributed by atoms with Gasteiger partial charge >= 0.3 is 6.18 Å². The molecule has 1 amide bonds. The van der Waals surface area contributed by atoms with E-state index >= 15 is 0 Å². The number of halogens is 3. The smallest absolute Gasteiger partial charge is 0.340 e. The first-order chi connectivity index (χ1) is 17.1. The van der Waals surface area contributed by atoms with Gasteiger partial charge in [-0.3, -0.25) is 4.79 Å². The monoisotopic (exact) mass is 551 g/mol. The van der Waals surface area contributed by atoms with E-state index in [1.807, 2.05) is 12.3 Å². The van der Waals surface area contributed by atoms with Gasteiger partial charge in [-0.25, -0.2) is 9.97 Å². The zero-order valence-electron chi connectivity index (χ0n) is 19.9. The number of nitrogens with zero attached hydrogens (tertiary/aromatic N) is 4. The largest absolute Gasteiger partial charge is 0.420 e. The zero-order chi connectivity index (χ0) is 25.6. The van der Waals surface area contributed by atoms with Gasteiger partial charge in [-0.2, -0.15) is 13.2 Å². The Hall–Kier alpha value is -2.28. The lowest BCUT2D eigenvalue weighted by Crippen LogP contribution is -2.26. The Balaban J connectivity index is 1.55. The van der Waals surface area contributed by atoms with E-state index < -0.39 is 11.7 Å². The molecule has 0 radical (unpaired) electrons. The number of rotatable bonds is 4. The van der Waals surface area contributed by atoms with Gasteiger partial charge in [-0.05, 0) is 49.1 Å². The zero-order valence-corrected chi connectivity index (χ0v) is 22.4. The number of thiophene rings is 1. The highest BCUT2D eigenvalue weighted by Crippen LogP contribution is 2.43. The second-order valence-corrected chi connectivity index (χ2v) is 11.8. The second-order valence-electron chi connectivity index (χ2n) is 8.77. The minimum absolute atomic E-state index is 0.0841. The van der Waals surface area contributed by atoms with Crippen LogP contribution in [0, 0.1) is 0 Å². The van der Waals surface area contributed by atoms with E-state index in [0.29, 0.717) is 26.9 Å². The van der Waals surface area contributed by atoms with E-state index in [9.17, 15) is 18.0 Å². The van der Waals surface area contributed by atoms with Gasteiger partial charge in [-0.1, -0.05) is 0 Å². The number of carbonyl (C=O) groups excluding carboxylic acids is 1. The first-order valence-electron chi connectivity index (χ1n) is 11.3. The molecule has 0 atom stereocenters. The summed E-state index contributed by atoms with van der Waals surface area (Å²) in [6, 6.07) is 5.82. The molecule has 0 bridgehead atoms. The number of hydrogen-bond donors (Lipinski definition) is 1. The second kappa shape index (κ2) is 9.88. The minimum atomic E-state index is -4.63. The van der Waals surface area contributed by atoms with E-state index in [-0.39, 0.29) is 17.5 Å². The van der Waals surface area contributed by atoms with Crippen LogP contribution in [-0.4, -0.2) is 64.9 Å². The van der Waals surface area contributed by atoms with Gasteiger partial charge in [0.25, 0.3) is 5.91 Å². The lowest BCUT2D eigenvalue weighted by atomic mass is 9.99. The Kier molecular flexibility index (Phi) is 6.96. The van der Waals surface area contributed by atoms with Crippen LogP contribution in [0.25, 0.3) is 10.6 Å². The molecule has 0 unspecified atom stereocenters. The van der Waals surface area contributed by atoms with Crippen LogP contribution in [0.15, 0.2) is 34.2 Å². The van der Waals surface area contributed by atoms with Crippen LogP contribution in [0.1, 0.15) is 26.4 Å². The van der Waals surface area contributed by atoms with Crippen molar-refractivity contribution in [2.24, 2.45) is 0 Å². The van der Waals surface area contributed by atoms with Gasteiger partial charge in [0, 0.05) is 48.4 Å². The summed E-state index contributed by atoms with van der Waals surface area (Å²) in [5.74, 6) is 0.581. The fraction of sp³-hybridized carbons (Fsp3) is 0.375. The normalized spacial score (nSPS) is 16.5. The molecular weight excluding hydrogens is 527 g/mol. The fourth-order valence-electron chi connectivity index (χ4n) is 4.27. The molecule has 0 spiro atoms. The Bertz CT molecular complexity index is 1330. The molecule has 36 heavy (non-hydrogen) atoms. The van der Waals surface area contributed by atoms with Crippen molar-refractivity contribution in [1.29, 1.82) is 0 Å². The molecule has 5 rings (SSSR count). The van der Waals surface area contributed by atoms with Crippen molar-refractivity contribution in [3.8, 4) is 10.6 Å². The summed E-state index contributed by atoms with van der Waals surface area (Å²) in [6.07, 6.45) is -0.952. The number of aromatic nitrogens is 2. The number of hydrogen-bond acceptors (Lipinski definition) is 8. The molecule has 0 saturated heterocycles. The first-order valence-corrected chi connectivity index (χ1v) is 14.3. The van der Waals surface area contributed by atoms with Crippen LogP contribution in [-0.2, 0) is 19.1 Å². The van der Waals surface area contributed by atoms with Crippen molar-refractivity contribution < 1.29 is 18.0 Å². The molecule has 4 heterocycles. The molecule has 1 aromatic carbocycles. The van der Waals surface area contributed by atoms with E-state index in [1.165, 1.54) is 22.9 Å². The number of carbonyl (C=O) groups is 1. The lowest BCUT2D eigenvalue weighted by Gasteiger charge is -2.26. The Morgan fingerprint density at radius 2 is 1.94 bits per heavy atom. The number of nitrogens with one attached hydrogen (secondary N) is 1. The molecule has 2 aliphatic heterocycles. The average Bonchev–Trinajstić information content (AvgIpc) is 3.21. The average molecular weight is 552 g/mol. The van der Waals surface area contributed by atoms with Crippen LogP contribution in [0.5, 0.6) is 0 Å². The highest BCUT2D eigenvalue weighted by atomic mass is 32.2. The third-order valence-corrected chi connectivity index (χ3v) is 9.28. The molecule has 1 N–H and O–H groups in total. The van der Waals surface area contributed by atoms with Gasteiger partial charge in [0.1, 0.15) is 10.4 Å². The fourth-order valence-corrected chi connectivity index (χ4v) is 7.29. The summed E-state index contributed by atoms with van der Waals surface area (Å²) in [6.45, 7) is 2.39. The van der Waals surface area contributed by atoms with E-state index in [0.717, 1.165) is 47.6 Å². The third-order valence-electron chi connectivity index (χ3n) is 6.22. The van der Waals surface area contributed by atoms with Gasteiger partial charge < -0.3 is 15.1 Å². The molecule has 0 saturated carbocycles. The third kappa shape index (κ3) is 4.96. The van der Waals surface area contributed by atoms with Crippen molar-refractivity contribution in [3.05, 3.63) is 46.0 Å². The number of likely N-dealkylation sites (N-methyl/N-ethyl adjacent to an activating group) is 1. The van der Waals surface area contributed by atoms with E-state index in [2.05, 4.69) is 33.3 Å². The summed E-state index contributed by atoms with van der Waals surface area (Å²) in [4.78, 5) is 27.3. The topological polar surface area (TPSA) is 61.4 Å². The van der Waals surface area contributed by atoms with Crippen molar-refractivity contribution in [1.82, 2.24) is 19.8 Å². The van der Waals surface area contributed by atoms with Crippen molar-refractivity contribution in [2.75, 3.05) is 44.5 Å². The Morgan fingerprint density at radius 3 is 2.69 bits per heavy atom. The molecule has 0 aliphatic carbocycles.